The summed E-state index contributed by atoms with van der Waals surface area (Å²) in [5.41, 5.74) is 6.26. The molecule has 0 heterocycles. The lowest BCUT2D eigenvalue weighted by Gasteiger charge is -2.12. The minimum atomic E-state index is -1.15. The van der Waals surface area contributed by atoms with Gasteiger partial charge in [-0.2, -0.15) is 5.26 Å². The van der Waals surface area contributed by atoms with E-state index in [0.717, 1.165) is 0 Å². The third kappa shape index (κ3) is 3.04. The van der Waals surface area contributed by atoms with Crippen LogP contribution in [-0.4, -0.2) is 18.2 Å². The van der Waals surface area contributed by atoms with E-state index in [0.29, 0.717) is 22.7 Å². The van der Waals surface area contributed by atoms with E-state index in [1.165, 1.54) is 31.4 Å². The Morgan fingerprint density at radius 3 is 2.52 bits per heavy atom. The highest BCUT2D eigenvalue weighted by atomic mass is 16.5. The highest BCUT2D eigenvalue weighted by molar-refractivity contribution is 5.92. The molecule has 0 saturated carbocycles. The van der Waals surface area contributed by atoms with Crippen LogP contribution in [0.3, 0.4) is 0 Å². The Balaban J connectivity index is 2.43. The summed E-state index contributed by atoms with van der Waals surface area (Å²) >= 11 is 0. The Morgan fingerprint density at radius 2 is 1.90 bits per heavy atom. The first-order valence-corrected chi connectivity index (χ1v) is 5.94. The number of aromatic carboxylic acids is 1. The number of hydrogen-bond donors (Lipinski definition) is 2. The Labute approximate surface area is 120 Å². The molecule has 21 heavy (non-hydrogen) atoms. The van der Waals surface area contributed by atoms with Crippen molar-refractivity contribution in [1.29, 1.82) is 5.26 Å². The molecular formula is C15H12N2O4. The van der Waals surface area contributed by atoms with E-state index in [9.17, 15) is 4.79 Å². The second-order valence-corrected chi connectivity index (χ2v) is 4.14. The molecule has 2 aromatic rings. The SMILES string of the molecule is COc1cc(C#N)ccc1Oc1ccc(N)cc1C(=O)O. The van der Waals surface area contributed by atoms with Crippen molar-refractivity contribution < 1.29 is 19.4 Å². The molecule has 0 amide bonds. The lowest BCUT2D eigenvalue weighted by Crippen LogP contribution is -2.02. The van der Waals surface area contributed by atoms with Crippen LogP contribution in [-0.2, 0) is 0 Å². The molecule has 3 N–H and O–H groups in total. The van der Waals surface area contributed by atoms with Crippen molar-refractivity contribution in [3.8, 4) is 23.3 Å². The van der Waals surface area contributed by atoms with Gasteiger partial charge in [0.2, 0.25) is 0 Å². The predicted octanol–water partition coefficient (Wildman–Crippen LogP) is 2.64. The van der Waals surface area contributed by atoms with Crippen molar-refractivity contribution in [3.05, 3.63) is 47.5 Å². The summed E-state index contributed by atoms with van der Waals surface area (Å²) in [6, 6.07) is 10.9. The number of nitrogen functional groups attached to an aromatic ring is 1. The number of nitriles is 1. The monoisotopic (exact) mass is 284 g/mol. The molecule has 2 rings (SSSR count). The third-order valence-corrected chi connectivity index (χ3v) is 2.75. The molecule has 0 aliphatic carbocycles. The lowest BCUT2D eigenvalue weighted by atomic mass is 10.1. The Morgan fingerprint density at radius 1 is 1.19 bits per heavy atom. The average Bonchev–Trinajstić information content (AvgIpc) is 2.49. The number of carboxylic acid groups (broad SMARTS) is 1. The van der Waals surface area contributed by atoms with E-state index in [4.69, 9.17) is 25.6 Å². The number of nitrogens with two attached hydrogens (primary N) is 1. The number of anilines is 1. The summed E-state index contributed by atoms with van der Waals surface area (Å²) in [6.07, 6.45) is 0. The molecule has 0 fully saturated rings. The zero-order valence-corrected chi connectivity index (χ0v) is 11.2. The van der Waals surface area contributed by atoms with E-state index in [-0.39, 0.29) is 11.3 Å². The predicted molar refractivity (Wildman–Crippen MR) is 75.6 cm³/mol. The van der Waals surface area contributed by atoms with Gasteiger partial charge in [-0.05, 0) is 30.3 Å². The van der Waals surface area contributed by atoms with E-state index in [2.05, 4.69) is 0 Å². The van der Waals surface area contributed by atoms with E-state index in [1.54, 1.807) is 12.1 Å². The van der Waals surface area contributed by atoms with Crippen LogP contribution in [0.2, 0.25) is 0 Å². The van der Waals surface area contributed by atoms with Gasteiger partial charge in [-0.25, -0.2) is 4.79 Å². The van der Waals surface area contributed by atoms with Crippen molar-refractivity contribution in [3.63, 3.8) is 0 Å². The van der Waals surface area contributed by atoms with Crippen LogP contribution in [0.25, 0.3) is 0 Å². The number of ether oxygens (including phenoxy) is 2. The number of methoxy groups -OCH3 is 1. The van der Waals surface area contributed by atoms with Crippen molar-refractivity contribution >= 4 is 11.7 Å². The fourth-order valence-electron chi connectivity index (χ4n) is 1.74. The molecule has 0 saturated heterocycles. The van der Waals surface area contributed by atoms with Gasteiger partial charge in [0.1, 0.15) is 11.3 Å². The zero-order valence-electron chi connectivity index (χ0n) is 11.2. The number of carbonyl (C=O) groups is 1. The van der Waals surface area contributed by atoms with Gasteiger partial charge in [-0.3, -0.25) is 0 Å². The quantitative estimate of drug-likeness (QED) is 0.836. The molecule has 0 radical (unpaired) electrons. The maximum Gasteiger partial charge on any atom is 0.339 e. The highest BCUT2D eigenvalue weighted by Crippen LogP contribution is 2.34. The second-order valence-electron chi connectivity index (χ2n) is 4.14. The molecule has 0 bridgehead atoms. The van der Waals surface area contributed by atoms with Crippen molar-refractivity contribution in [2.45, 2.75) is 0 Å². The minimum absolute atomic E-state index is 0.0542. The minimum Gasteiger partial charge on any atom is -0.493 e. The summed E-state index contributed by atoms with van der Waals surface area (Å²) in [5, 5.41) is 18.0. The molecule has 6 nitrogen and oxygen atoms in total. The molecule has 2 aromatic carbocycles. The standard InChI is InChI=1S/C15H12N2O4/c1-20-14-6-9(8-16)2-4-13(14)21-12-5-3-10(17)7-11(12)15(18)19/h2-7H,17H2,1H3,(H,18,19). The molecule has 0 atom stereocenters. The smallest absolute Gasteiger partial charge is 0.339 e. The number of rotatable bonds is 4. The first kappa shape index (κ1) is 14.2. The maximum absolute atomic E-state index is 11.2. The van der Waals surface area contributed by atoms with Gasteiger partial charge in [-0.1, -0.05) is 0 Å². The van der Waals surface area contributed by atoms with Gasteiger partial charge < -0.3 is 20.3 Å². The zero-order chi connectivity index (χ0) is 15.4. The Kier molecular flexibility index (Phi) is 3.95. The topological polar surface area (TPSA) is 106 Å². The van der Waals surface area contributed by atoms with Crippen LogP contribution >= 0.6 is 0 Å². The van der Waals surface area contributed by atoms with Crippen LogP contribution in [0.4, 0.5) is 5.69 Å². The lowest BCUT2D eigenvalue weighted by molar-refractivity contribution is 0.0694. The molecule has 106 valence electrons. The van der Waals surface area contributed by atoms with Crippen molar-refractivity contribution in [2.24, 2.45) is 0 Å². The number of carboxylic acids is 1. The molecule has 0 aromatic heterocycles. The van der Waals surface area contributed by atoms with Gasteiger partial charge in [-0.15, -0.1) is 0 Å². The number of hydrogen-bond acceptors (Lipinski definition) is 5. The fourth-order valence-corrected chi connectivity index (χ4v) is 1.74. The van der Waals surface area contributed by atoms with E-state index >= 15 is 0 Å². The van der Waals surface area contributed by atoms with E-state index in [1.807, 2.05) is 6.07 Å². The van der Waals surface area contributed by atoms with Crippen LogP contribution < -0.4 is 15.2 Å². The third-order valence-electron chi connectivity index (χ3n) is 2.75. The van der Waals surface area contributed by atoms with Crippen LogP contribution in [0.15, 0.2) is 36.4 Å². The molecule has 0 spiro atoms. The fraction of sp³-hybridized carbons (Fsp3) is 0.0667. The molecule has 0 aliphatic heterocycles. The normalized spacial score (nSPS) is 9.71. The molecule has 6 heteroatoms. The Bertz CT molecular complexity index is 735. The summed E-state index contributed by atoms with van der Waals surface area (Å²) in [5.74, 6) is -0.365. The van der Waals surface area contributed by atoms with Gasteiger partial charge in [0.15, 0.2) is 11.5 Å². The molecule has 0 aliphatic rings. The van der Waals surface area contributed by atoms with Crippen LogP contribution in [0, 0.1) is 11.3 Å². The molecule has 0 unspecified atom stereocenters. The van der Waals surface area contributed by atoms with Crippen LogP contribution in [0.5, 0.6) is 17.2 Å². The largest absolute Gasteiger partial charge is 0.493 e. The van der Waals surface area contributed by atoms with Crippen molar-refractivity contribution in [1.82, 2.24) is 0 Å². The summed E-state index contributed by atoms with van der Waals surface area (Å²) < 4.78 is 10.7. The number of benzene rings is 2. The van der Waals surface area contributed by atoms with Crippen molar-refractivity contribution in [2.75, 3.05) is 12.8 Å². The van der Waals surface area contributed by atoms with Gasteiger partial charge in [0.25, 0.3) is 0 Å². The van der Waals surface area contributed by atoms with Gasteiger partial charge >= 0.3 is 5.97 Å². The van der Waals surface area contributed by atoms with Crippen LogP contribution in [0.1, 0.15) is 15.9 Å². The van der Waals surface area contributed by atoms with Gasteiger partial charge in [0.05, 0.1) is 18.7 Å². The first-order valence-electron chi connectivity index (χ1n) is 5.94. The average molecular weight is 284 g/mol. The van der Waals surface area contributed by atoms with Gasteiger partial charge in [0, 0.05) is 11.8 Å². The first-order chi connectivity index (χ1) is 10.0. The van der Waals surface area contributed by atoms with E-state index < -0.39 is 5.97 Å². The number of nitrogens with zero attached hydrogens (tertiary/aromatic N) is 1. The summed E-state index contributed by atoms with van der Waals surface area (Å²) in [4.78, 5) is 11.2. The Hall–Kier alpha value is -3.20. The maximum atomic E-state index is 11.2. The second kappa shape index (κ2) is 5.84. The summed E-state index contributed by atoms with van der Waals surface area (Å²) in [6.45, 7) is 0. The summed E-state index contributed by atoms with van der Waals surface area (Å²) in [7, 11) is 1.43. The molecular weight excluding hydrogens is 272 g/mol. The highest BCUT2D eigenvalue weighted by Gasteiger charge is 2.15.